The van der Waals surface area contributed by atoms with Gasteiger partial charge in [-0.05, 0) is 61.6 Å². The summed E-state index contributed by atoms with van der Waals surface area (Å²) in [6.07, 6.45) is 5.66. The third-order valence-electron chi connectivity index (χ3n) is 7.06. The Morgan fingerprint density at radius 1 is 1.06 bits per heavy atom. The molecule has 0 spiro atoms. The van der Waals surface area contributed by atoms with E-state index < -0.39 is 0 Å². The van der Waals surface area contributed by atoms with Gasteiger partial charge in [0.25, 0.3) is 0 Å². The molecule has 6 rings (SSSR count). The molecule has 7 heteroatoms. The van der Waals surface area contributed by atoms with E-state index in [1.54, 1.807) is 0 Å². The quantitative estimate of drug-likeness (QED) is 0.456. The van der Waals surface area contributed by atoms with E-state index in [1.165, 1.54) is 5.56 Å². The summed E-state index contributed by atoms with van der Waals surface area (Å²) in [5.74, 6) is 0.913. The number of aliphatic hydroxyl groups is 1. The summed E-state index contributed by atoms with van der Waals surface area (Å²) in [6, 6.07) is 18.7. The second kappa shape index (κ2) is 7.87. The molecule has 1 N–H and O–H groups in total. The number of hydrogen-bond acceptors (Lipinski definition) is 5. The predicted octanol–water partition coefficient (Wildman–Crippen LogP) is 3.35. The van der Waals surface area contributed by atoms with Gasteiger partial charge in [-0.25, -0.2) is 4.98 Å². The highest BCUT2D eigenvalue weighted by atomic mass is 16.3. The molecule has 0 radical (unpaired) electrons. The summed E-state index contributed by atoms with van der Waals surface area (Å²) < 4.78 is 4.41. The van der Waals surface area contributed by atoms with Crippen molar-refractivity contribution in [3.8, 4) is 34.4 Å². The molecule has 1 saturated heterocycles. The highest BCUT2D eigenvalue weighted by molar-refractivity contribution is 5.72. The van der Waals surface area contributed by atoms with Crippen molar-refractivity contribution in [2.45, 2.75) is 18.7 Å². The highest BCUT2D eigenvalue weighted by Crippen LogP contribution is 2.36. The van der Waals surface area contributed by atoms with Gasteiger partial charge in [-0.3, -0.25) is 4.57 Å². The molecule has 4 heterocycles. The molecule has 0 aliphatic carbocycles. The fourth-order valence-electron chi connectivity index (χ4n) is 5.21. The van der Waals surface area contributed by atoms with Crippen LogP contribution < -0.4 is 4.90 Å². The van der Waals surface area contributed by atoms with Gasteiger partial charge in [0.2, 0.25) is 0 Å². The Kier molecular flexibility index (Phi) is 4.80. The first kappa shape index (κ1) is 20.7. The smallest absolute Gasteiger partial charge is 0.161 e. The van der Waals surface area contributed by atoms with Crippen LogP contribution >= 0.6 is 0 Å². The number of nitrogens with zero attached hydrogens (tertiary/aromatic N) is 6. The van der Waals surface area contributed by atoms with Crippen LogP contribution in [0.3, 0.4) is 0 Å². The number of aromatic nitrogens is 3. The maximum atomic E-state index is 10.5. The zero-order valence-electron chi connectivity index (χ0n) is 19.3. The fraction of sp³-hybridized carbons (Fsp3) is 0.259. The van der Waals surface area contributed by atoms with Crippen molar-refractivity contribution in [2.75, 3.05) is 32.1 Å². The maximum absolute atomic E-state index is 10.5. The van der Waals surface area contributed by atoms with Crippen molar-refractivity contribution in [3.63, 3.8) is 0 Å². The molecule has 170 valence electrons. The molecule has 34 heavy (non-hydrogen) atoms. The van der Waals surface area contributed by atoms with E-state index in [-0.39, 0.29) is 12.1 Å². The van der Waals surface area contributed by atoms with Crippen LogP contribution in [0.15, 0.2) is 67.1 Å². The van der Waals surface area contributed by atoms with Gasteiger partial charge >= 0.3 is 0 Å². The largest absolute Gasteiger partial charge is 0.390 e. The second-order valence-electron chi connectivity index (χ2n) is 9.37. The summed E-state index contributed by atoms with van der Waals surface area (Å²) >= 11 is 0. The van der Waals surface area contributed by atoms with Gasteiger partial charge in [0, 0.05) is 49.5 Å². The molecule has 2 aliphatic rings. The molecular weight excluding hydrogens is 424 g/mol. The topological polar surface area (TPSA) is 73.2 Å². The molecule has 0 unspecified atom stereocenters. The lowest BCUT2D eigenvalue weighted by atomic mass is 10.1. The van der Waals surface area contributed by atoms with Crippen LogP contribution in [0.25, 0.3) is 28.3 Å². The minimum absolute atomic E-state index is 0.130. The Morgan fingerprint density at radius 2 is 1.88 bits per heavy atom. The van der Waals surface area contributed by atoms with Crippen LogP contribution in [0.5, 0.6) is 0 Å². The maximum Gasteiger partial charge on any atom is 0.161 e. The molecule has 0 bridgehead atoms. The first-order valence-corrected chi connectivity index (χ1v) is 11.5. The zero-order chi connectivity index (χ0) is 23.4. The van der Waals surface area contributed by atoms with E-state index in [0.29, 0.717) is 12.1 Å². The molecule has 2 atom stereocenters. The van der Waals surface area contributed by atoms with Crippen molar-refractivity contribution in [2.24, 2.45) is 0 Å². The van der Waals surface area contributed by atoms with Crippen molar-refractivity contribution in [3.05, 3.63) is 78.2 Å². The van der Waals surface area contributed by atoms with E-state index in [0.717, 1.165) is 47.1 Å². The van der Waals surface area contributed by atoms with Crippen LogP contribution in [-0.4, -0.2) is 63.5 Å². The van der Waals surface area contributed by atoms with E-state index in [1.807, 2.05) is 50.8 Å². The SMILES string of the molecule is CN(C)[C@H]1CN(c2ccc3c(c2)Cn2cc(-c4ccc(C#N)cc4)cc2-c2nccn2-3)C[C@H]1O. The van der Waals surface area contributed by atoms with Crippen LogP contribution in [0.2, 0.25) is 0 Å². The van der Waals surface area contributed by atoms with Gasteiger partial charge in [0.15, 0.2) is 5.82 Å². The summed E-state index contributed by atoms with van der Waals surface area (Å²) in [5.41, 5.74) is 7.37. The number of aliphatic hydroxyl groups excluding tert-OH is 1. The number of rotatable bonds is 3. The number of likely N-dealkylation sites (N-methyl/N-ethyl adjacent to an activating group) is 1. The highest BCUT2D eigenvalue weighted by Gasteiger charge is 2.33. The Bertz CT molecular complexity index is 1410. The Labute approximate surface area is 198 Å². The van der Waals surface area contributed by atoms with E-state index in [4.69, 9.17) is 5.26 Å². The first-order chi connectivity index (χ1) is 16.5. The zero-order valence-corrected chi connectivity index (χ0v) is 19.3. The van der Waals surface area contributed by atoms with Crippen LogP contribution in [-0.2, 0) is 6.54 Å². The van der Waals surface area contributed by atoms with Crippen LogP contribution in [0, 0.1) is 11.3 Å². The van der Waals surface area contributed by atoms with Crippen molar-refractivity contribution in [1.29, 1.82) is 5.26 Å². The number of benzene rings is 2. The molecule has 2 aromatic heterocycles. The summed E-state index contributed by atoms with van der Waals surface area (Å²) in [5, 5.41) is 19.6. The Hall–Kier alpha value is -3.86. The minimum Gasteiger partial charge on any atom is -0.390 e. The molecule has 4 aromatic rings. The van der Waals surface area contributed by atoms with E-state index in [9.17, 15) is 5.11 Å². The molecule has 0 saturated carbocycles. The lowest BCUT2D eigenvalue weighted by Gasteiger charge is -2.23. The number of anilines is 1. The number of hydrogen-bond donors (Lipinski definition) is 1. The number of imidazole rings is 1. The summed E-state index contributed by atoms with van der Waals surface area (Å²) in [6.45, 7) is 2.17. The first-order valence-electron chi connectivity index (χ1n) is 11.5. The Morgan fingerprint density at radius 3 is 2.62 bits per heavy atom. The van der Waals surface area contributed by atoms with Crippen molar-refractivity contribution >= 4 is 5.69 Å². The monoisotopic (exact) mass is 450 g/mol. The van der Waals surface area contributed by atoms with Gasteiger partial charge in [-0.2, -0.15) is 5.26 Å². The van der Waals surface area contributed by atoms with Gasteiger partial charge in [0.05, 0.1) is 35.2 Å². The summed E-state index contributed by atoms with van der Waals surface area (Å²) in [4.78, 5) is 9.05. The van der Waals surface area contributed by atoms with E-state index in [2.05, 4.69) is 60.4 Å². The average molecular weight is 451 g/mol. The fourth-order valence-corrected chi connectivity index (χ4v) is 5.21. The predicted molar refractivity (Wildman–Crippen MR) is 132 cm³/mol. The third-order valence-corrected chi connectivity index (χ3v) is 7.06. The van der Waals surface area contributed by atoms with Crippen LogP contribution in [0.4, 0.5) is 5.69 Å². The lowest BCUT2D eigenvalue weighted by Crippen LogP contribution is -2.38. The third kappa shape index (κ3) is 3.31. The Balaban J connectivity index is 1.40. The normalized spacial score (nSPS) is 18.9. The lowest BCUT2D eigenvalue weighted by molar-refractivity contribution is 0.114. The second-order valence-corrected chi connectivity index (χ2v) is 9.37. The van der Waals surface area contributed by atoms with Gasteiger partial charge in [-0.15, -0.1) is 0 Å². The molecule has 0 amide bonds. The number of β-amino-alcohol motifs (C(OH)–C–C–N with tert-alkyl or cyclic N) is 1. The molecule has 7 nitrogen and oxygen atoms in total. The van der Waals surface area contributed by atoms with Gasteiger partial charge in [-0.1, -0.05) is 12.1 Å². The average Bonchev–Trinajstić information content (AvgIpc) is 3.56. The summed E-state index contributed by atoms with van der Waals surface area (Å²) in [7, 11) is 4.04. The standard InChI is InChI=1S/C27H26N6O/c1-30(2)25-16-31(17-26(25)34)22-7-8-23-21(11-22)15-32-14-20(19-5-3-18(13-28)4-6-19)12-24(32)27-29-9-10-33(23)27/h3-12,14,25-26,34H,15-17H2,1-2H3/t25-,26+/m0/s1. The van der Waals surface area contributed by atoms with Gasteiger partial charge < -0.3 is 19.5 Å². The van der Waals surface area contributed by atoms with E-state index >= 15 is 0 Å². The number of fused-ring (bicyclic) bond motifs is 5. The van der Waals surface area contributed by atoms with Gasteiger partial charge in [0.1, 0.15) is 0 Å². The van der Waals surface area contributed by atoms with Crippen LogP contribution in [0.1, 0.15) is 11.1 Å². The molecular formula is C27H26N6O. The molecule has 1 fully saturated rings. The van der Waals surface area contributed by atoms with Crippen molar-refractivity contribution < 1.29 is 5.11 Å². The van der Waals surface area contributed by atoms with Crippen molar-refractivity contribution in [1.82, 2.24) is 19.0 Å². The molecule has 2 aliphatic heterocycles. The molecule has 2 aromatic carbocycles. The minimum atomic E-state index is -0.361. The number of nitriles is 1.